The van der Waals surface area contributed by atoms with Gasteiger partial charge >= 0.3 is 0 Å². The summed E-state index contributed by atoms with van der Waals surface area (Å²) in [5.74, 6) is 0. The molecular formula is C18H12IrN2. The number of pyridine rings is 2. The van der Waals surface area contributed by atoms with Crippen molar-refractivity contribution in [2.75, 3.05) is 0 Å². The second-order valence-electron chi connectivity index (χ2n) is 4.78. The Kier molecular flexibility index (Phi) is 3.78. The van der Waals surface area contributed by atoms with E-state index in [2.05, 4.69) is 34.2 Å². The van der Waals surface area contributed by atoms with Gasteiger partial charge in [0.15, 0.2) is 0 Å². The van der Waals surface area contributed by atoms with Crippen molar-refractivity contribution >= 4 is 21.8 Å². The van der Waals surface area contributed by atoms with Gasteiger partial charge in [0.2, 0.25) is 0 Å². The fourth-order valence-electron chi connectivity index (χ4n) is 2.42. The fourth-order valence-corrected chi connectivity index (χ4v) is 2.42. The van der Waals surface area contributed by atoms with Crippen LogP contribution in [0.4, 0.5) is 0 Å². The molecule has 0 fully saturated rings. The van der Waals surface area contributed by atoms with E-state index in [-0.39, 0.29) is 20.1 Å². The molecule has 0 saturated carbocycles. The average Bonchev–Trinajstić information content (AvgIpc) is 2.54. The molecule has 3 heteroatoms. The molecule has 0 aliphatic carbocycles. The van der Waals surface area contributed by atoms with Gasteiger partial charge in [0.05, 0.1) is 22.4 Å². The Morgan fingerprint density at radius 3 is 1.38 bits per heavy atom. The summed E-state index contributed by atoms with van der Waals surface area (Å²) in [6.45, 7) is 0. The first-order chi connectivity index (χ1) is 9.90. The number of fused-ring (bicyclic) bond motifs is 2. The van der Waals surface area contributed by atoms with Crippen LogP contribution < -0.4 is 0 Å². The third-order valence-corrected chi connectivity index (χ3v) is 3.46. The van der Waals surface area contributed by atoms with Crippen molar-refractivity contribution in [3.05, 3.63) is 72.8 Å². The van der Waals surface area contributed by atoms with Gasteiger partial charge < -0.3 is 0 Å². The van der Waals surface area contributed by atoms with E-state index in [0.717, 1.165) is 33.2 Å². The molecule has 103 valence electrons. The summed E-state index contributed by atoms with van der Waals surface area (Å²) in [5.41, 5.74) is 3.82. The van der Waals surface area contributed by atoms with Crippen LogP contribution in [-0.2, 0) is 20.1 Å². The van der Waals surface area contributed by atoms with E-state index in [1.54, 1.807) is 0 Å². The minimum atomic E-state index is 0. The molecule has 2 aromatic carbocycles. The second kappa shape index (κ2) is 5.72. The monoisotopic (exact) mass is 449 g/mol. The average molecular weight is 449 g/mol. The first-order valence-corrected chi connectivity index (χ1v) is 6.62. The van der Waals surface area contributed by atoms with Crippen molar-refractivity contribution in [1.82, 2.24) is 9.97 Å². The van der Waals surface area contributed by atoms with Crippen molar-refractivity contribution in [3.8, 4) is 11.4 Å². The van der Waals surface area contributed by atoms with E-state index < -0.39 is 0 Å². The van der Waals surface area contributed by atoms with Gasteiger partial charge in [0.25, 0.3) is 0 Å². The van der Waals surface area contributed by atoms with Gasteiger partial charge in [-0.15, -0.1) is 0 Å². The molecule has 0 aliphatic heterocycles. The molecule has 2 nitrogen and oxygen atoms in total. The predicted octanol–water partition coefficient (Wildman–Crippen LogP) is 4.45. The van der Waals surface area contributed by atoms with Crippen molar-refractivity contribution in [1.29, 1.82) is 0 Å². The van der Waals surface area contributed by atoms with E-state index in [1.165, 1.54) is 0 Å². The number of hydrogen-bond acceptors (Lipinski definition) is 2. The minimum Gasteiger partial charge on any atom is -0.246 e. The zero-order valence-corrected chi connectivity index (χ0v) is 13.6. The summed E-state index contributed by atoms with van der Waals surface area (Å²) in [4.78, 5) is 9.38. The zero-order valence-electron chi connectivity index (χ0n) is 11.2. The fraction of sp³-hybridized carbons (Fsp3) is 0. The summed E-state index contributed by atoms with van der Waals surface area (Å²) in [6.07, 6.45) is 0. The molecule has 0 bridgehead atoms. The Morgan fingerprint density at radius 2 is 0.905 bits per heavy atom. The normalized spacial score (nSPS) is 10.5. The predicted molar refractivity (Wildman–Crippen MR) is 82.5 cm³/mol. The molecule has 0 N–H and O–H groups in total. The van der Waals surface area contributed by atoms with Crippen LogP contribution in [0.25, 0.3) is 33.2 Å². The molecule has 21 heavy (non-hydrogen) atoms. The van der Waals surface area contributed by atoms with Crippen LogP contribution in [0.15, 0.2) is 72.8 Å². The van der Waals surface area contributed by atoms with Crippen molar-refractivity contribution in [2.24, 2.45) is 0 Å². The maximum atomic E-state index is 4.69. The molecule has 0 spiro atoms. The van der Waals surface area contributed by atoms with E-state index >= 15 is 0 Å². The Balaban J connectivity index is 0.00000132. The van der Waals surface area contributed by atoms with Gasteiger partial charge in [-0.2, -0.15) is 0 Å². The molecule has 2 aromatic heterocycles. The Bertz CT molecular complexity index is 841. The molecule has 4 rings (SSSR count). The number of aromatic nitrogens is 2. The van der Waals surface area contributed by atoms with E-state index in [0.29, 0.717) is 0 Å². The molecule has 0 saturated heterocycles. The van der Waals surface area contributed by atoms with Crippen molar-refractivity contribution in [2.45, 2.75) is 0 Å². The Morgan fingerprint density at radius 1 is 0.476 bits per heavy atom. The van der Waals surface area contributed by atoms with Crippen LogP contribution in [0, 0.1) is 0 Å². The molecule has 4 aromatic rings. The first-order valence-electron chi connectivity index (χ1n) is 6.62. The van der Waals surface area contributed by atoms with E-state index in [4.69, 9.17) is 0 Å². The summed E-state index contributed by atoms with van der Waals surface area (Å²) < 4.78 is 0. The van der Waals surface area contributed by atoms with Crippen molar-refractivity contribution in [3.63, 3.8) is 0 Å². The van der Waals surface area contributed by atoms with Crippen LogP contribution in [-0.4, -0.2) is 9.97 Å². The van der Waals surface area contributed by atoms with Crippen molar-refractivity contribution < 1.29 is 20.1 Å². The van der Waals surface area contributed by atoms with Crippen LogP contribution in [0.2, 0.25) is 0 Å². The van der Waals surface area contributed by atoms with Crippen LogP contribution in [0.1, 0.15) is 0 Å². The van der Waals surface area contributed by atoms with Gasteiger partial charge in [-0.25, -0.2) is 9.97 Å². The third kappa shape index (κ3) is 2.58. The maximum Gasteiger partial charge on any atom is 0.0894 e. The topological polar surface area (TPSA) is 25.8 Å². The SMILES string of the molecule is [Ir].c1ccc2nc(-c3ccc4ccccc4n3)ccc2c1. The van der Waals surface area contributed by atoms with Crippen LogP contribution >= 0.6 is 0 Å². The third-order valence-electron chi connectivity index (χ3n) is 3.46. The smallest absolute Gasteiger partial charge is 0.0894 e. The number of nitrogens with zero attached hydrogens (tertiary/aromatic N) is 2. The standard InChI is InChI=1S/C18H12N2.Ir/c1-3-7-15-13(5-1)9-11-17(19-15)18-12-10-14-6-2-4-8-16(14)20-18;/h1-12H;. The Hall–Kier alpha value is -2.09. The van der Waals surface area contributed by atoms with Gasteiger partial charge in [-0.3, -0.25) is 0 Å². The summed E-state index contributed by atoms with van der Waals surface area (Å²) >= 11 is 0. The molecule has 0 aliphatic rings. The zero-order chi connectivity index (χ0) is 13.4. The van der Waals surface area contributed by atoms with E-state index in [9.17, 15) is 0 Å². The van der Waals surface area contributed by atoms with Gasteiger partial charge in [0.1, 0.15) is 0 Å². The largest absolute Gasteiger partial charge is 0.246 e. The van der Waals surface area contributed by atoms with Gasteiger partial charge in [-0.1, -0.05) is 48.5 Å². The van der Waals surface area contributed by atoms with Gasteiger partial charge in [-0.05, 0) is 24.3 Å². The minimum absolute atomic E-state index is 0. The molecule has 0 amide bonds. The number of para-hydroxylation sites is 2. The second-order valence-corrected chi connectivity index (χ2v) is 4.78. The number of rotatable bonds is 1. The first kappa shape index (κ1) is 13.9. The summed E-state index contributed by atoms with van der Waals surface area (Å²) in [6, 6.07) is 24.5. The quantitative estimate of drug-likeness (QED) is 0.430. The van der Waals surface area contributed by atoms with Gasteiger partial charge in [0, 0.05) is 30.9 Å². The molecule has 2 heterocycles. The number of hydrogen-bond donors (Lipinski definition) is 0. The number of benzene rings is 2. The summed E-state index contributed by atoms with van der Waals surface area (Å²) in [5, 5.41) is 2.30. The molecule has 1 radical (unpaired) electrons. The van der Waals surface area contributed by atoms with E-state index in [1.807, 2.05) is 48.5 Å². The summed E-state index contributed by atoms with van der Waals surface area (Å²) in [7, 11) is 0. The molecule has 0 unspecified atom stereocenters. The van der Waals surface area contributed by atoms with Crippen LogP contribution in [0.3, 0.4) is 0 Å². The molecular weight excluding hydrogens is 436 g/mol. The molecule has 0 atom stereocenters. The van der Waals surface area contributed by atoms with Crippen LogP contribution in [0.5, 0.6) is 0 Å². The maximum absolute atomic E-state index is 4.69. The Labute approximate surface area is 136 Å².